The second-order valence-electron chi connectivity index (χ2n) is 8.64. The van der Waals surface area contributed by atoms with Crippen molar-refractivity contribution < 1.29 is 14.6 Å². The largest absolute Gasteiger partial charge is 0.508 e. The van der Waals surface area contributed by atoms with Gasteiger partial charge in [-0.15, -0.1) is 0 Å². The van der Waals surface area contributed by atoms with Crippen molar-refractivity contribution >= 4 is 5.91 Å². The maximum atomic E-state index is 13.6. The molecule has 4 aliphatic heterocycles. The van der Waals surface area contributed by atoms with Gasteiger partial charge in [0.2, 0.25) is 0 Å². The third kappa shape index (κ3) is 2.91. The quantitative estimate of drug-likeness (QED) is 0.870. The Morgan fingerprint density at radius 2 is 1.86 bits per heavy atom. The minimum Gasteiger partial charge on any atom is -0.508 e. The molecule has 0 aromatic heterocycles. The van der Waals surface area contributed by atoms with Crippen LogP contribution in [0.2, 0.25) is 0 Å². The standard InChI is InChI=1S/C24H28N2O3/c1-15-19(7-4-8-21(15)27)24(28)26-14-20(17-5-3-6-18(13-17)29-2)23-22(26)16-9-11-25(23)12-10-16/h3-8,13,16,20,22-23,27H,9-12,14H2,1-2H3/t20-,22+,23+/m0/s1. The number of ether oxygens (including phenoxy) is 1. The highest BCUT2D eigenvalue weighted by molar-refractivity contribution is 5.97. The van der Waals surface area contributed by atoms with E-state index in [0.29, 0.717) is 29.6 Å². The number of carbonyl (C=O) groups is 1. The Kier molecular flexibility index (Phi) is 4.50. The Labute approximate surface area is 171 Å². The zero-order valence-electron chi connectivity index (χ0n) is 17.0. The normalized spacial score (nSPS) is 30.3. The molecule has 1 N–H and O–H groups in total. The summed E-state index contributed by atoms with van der Waals surface area (Å²) in [6.45, 7) is 4.79. The Hall–Kier alpha value is -2.53. The van der Waals surface area contributed by atoms with Crippen molar-refractivity contribution in [2.75, 3.05) is 26.7 Å². The first-order chi connectivity index (χ1) is 14.1. The van der Waals surface area contributed by atoms with Crippen LogP contribution in [0.3, 0.4) is 0 Å². The van der Waals surface area contributed by atoms with E-state index in [9.17, 15) is 9.90 Å². The summed E-state index contributed by atoms with van der Waals surface area (Å²) in [5, 5.41) is 10.1. The molecule has 0 radical (unpaired) electrons. The van der Waals surface area contributed by atoms with Crippen molar-refractivity contribution in [2.45, 2.75) is 37.8 Å². The molecular weight excluding hydrogens is 364 g/mol. The first kappa shape index (κ1) is 18.5. The molecule has 0 saturated carbocycles. The average molecular weight is 392 g/mol. The van der Waals surface area contributed by atoms with Gasteiger partial charge in [0.25, 0.3) is 5.91 Å². The number of hydrogen-bond acceptors (Lipinski definition) is 4. The summed E-state index contributed by atoms with van der Waals surface area (Å²) < 4.78 is 5.46. The number of piperidine rings is 3. The van der Waals surface area contributed by atoms with Gasteiger partial charge in [0, 0.05) is 29.6 Å². The van der Waals surface area contributed by atoms with E-state index >= 15 is 0 Å². The molecule has 5 heteroatoms. The van der Waals surface area contributed by atoms with E-state index in [1.165, 1.54) is 5.56 Å². The van der Waals surface area contributed by atoms with Crippen LogP contribution >= 0.6 is 0 Å². The highest BCUT2D eigenvalue weighted by Crippen LogP contribution is 2.47. The summed E-state index contributed by atoms with van der Waals surface area (Å²) in [5.74, 6) is 1.93. The lowest BCUT2D eigenvalue weighted by atomic mass is 9.75. The Bertz CT molecular complexity index is 935. The first-order valence-electron chi connectivity index (χ1n) is 10.6. The Morgan fingerprint density at radius 1 is 1.10 bits per heavy atom. The van der Waals surface area contributed by atoms with Gasteiger partial charge in [-0.1, -0.05) is 18.2 Å². The molecule has 152 valence electrons. The molecule has 2 bridgehead atoms. The van der Waals surface area contributed by atoms with Gasteiger partial charge < -0.3 is 14.7 Å². The number of carbonyl (C=O) groups excluding carboxylic acids is 1. The average Bonchev–Trinajstić information content (AvgIpc) is 3.19. The van der Waals surface area contributed by atoms with E-state index in [0.717, 1.165) is 31.7 Å². The van der Waals surface area contributed by atoms with E-state index < -0.39 is 0 Å². The molecule has 4 fully saturated rings. The summed E-state index contributed by atoms with van der Waals surface area (Å²) in [5.41, 5.74) is 2.53. The van der Waals surface area contributed by atoms with Crippen molar-refractivity contribution in [2.24, 2.45) is 5.92 Å². The van der Waals surface area contributed by atoms with Crippen LogP contribution < -0.4 is 4.74 Å². The third-order valence-corrected chi connectivity index (χ3v) is 7.31. The fraction of sp³-hybridized carbons (Fsp3) is 0.458. The van der Waals surface area contributed by atoms with Gasteiger partial charge in [0.05, 0.1) is 13.2 Å². The minimum atomic E-state index is 0.0487. The molecule has 1 amide bonds. The Morgan fingerprint density at radius 3 is 2.62 bits per heavy atom. The van der Waals surface area contributed by atoms with Gasteiger partial charge in [-0.2, -0.15) is 0 Å². The number of benzene rings is 2. The lowest BCUT2D eigenvalue weighted by Crippen LogP contribution is -2.60. The number of phenolic OH excluding ortho intramolecular Hbond substituents is 1. The van der Waals surface area contributed by atoms with Crippen LogP contribution in [0.25, 0.3) is 0 Å². The predicted octanol–water partition coefficient (Wildman–Crippen LogP) is 3.41. The van der Waals surface area contributed by atoms with Gasteiger partial charge in [-0.05, 0) is 68.6 Å². The second-order valence-corrected chi connectivity index (χ2v) is 8.64. The van der Waals surface area contributed by atoms with E-state index in [2.05, 4.69) is 21.9 Å². The van der Waals surface area contributed by atoms with Crippen LogP contribution in [0.4, 0.5) is 0 Å². The zero-order chi connectivity index (χ0) is 20.1. The fourth-order valence-corrected chi connectivity index (χ4v) is 5.83. The number of amides is 1. The highest BCUT2D eigenvalue weighted by Gasteiger charge is 2.54. The van der Waals surface area contributed by atoms with Crippen molar-refractivity contribution in [1.29, 1.82) is 0 Å². The summed E-state index contributed by atoms with van der Waals surface area (Å²) in [6.07, 6.45) is 2.32. The van der Waals surface area contributed by atoms with Crippen LogP contribution in [0.1, 0.15) is 40.2 Å². The molecule has 4 aliphatic rings. The van der Waals surface area contributed by atoms with Gasteiger partial charge in [0.15, 0.2) is 0 Å². The smallest absolute Gasteiger partial charge is 0.254 e. The number of methoxy groups -OCH3 is 1. The molecule has 2 aromatic carbocycles. The van der Waals surface area contributed by atoms with Gasteiger partial charge in [-0.3, -0.25) is 9.69 Å². The molecule has 0 spiro atoms. The van der Waals surface area contributed by atoms with E-state index in [1.54, 1.807) is 19.2 Å². The molecular formula is C24H28N2O3. The van der Waals surface area contributed by atoms with Crippen LogP contribution in [0.5, 0.6) is 11.5 Å². The number of hydrogen-bond donors (Lipinski definition) is 1. The number of phenols is 1. The lowest BCUT2D eigenvalue weighted by Gasteiger charge is -2.51. The number of rotatable bonds is 3. The molecule has 2 aromatic rings. The van der Waals surface area contributed by atoms with Crippen molar-refractivity contribution in [3.63, 3.8) is 0 Å². The monoisotopic (exact) mass is 392 g/mol. The summed E-state index contributed by atoms with van der Waals surface area (Å²) in [7, 11) is 1.70. The van der Waals surface area contributed by atoms with Crippen LogP contribution in [0, 0.1) is 12.8 Å². The number of likely N-dealkylation sites (tertiary alicyclic amines) is 1. The molecule has 6 rings (SSSR count). The SMILES string of the molecule is COc1cccc([C@@H]2CN(C(=O)c3cccc(O)c3C)[C@@H]3C4CCN(CC4)[C@@H]32)c1. The maximum absolute atomic E-state index is 13.6. The third-order valence-electron chi connectivity index (χ3n) is 7.31. The van der Waals surface area contributed by atoms with Crippen LogP contribution in [-0.2, 0) is 0 Å². The number of aromatic hydroxyl groups is 1. The molecule has 29 heavy (non-hydrogen) atoms. The van der Waals surface area contributed by atoms with Crippen LogP contribution in [-0.4, -0.2) is 59.6 Å². The topological polar surface area (TPSA) is 53.0 Å². The summed E-state index contributed by atoms with van der Waals surface area (Å²) >= 11 is 0. The summed E-state index contributed by atoms with van der Waals surface area (Å²) in [4.78, 5) is 18.3. The first-order valence-corrected chi connectivity index (χ1v) is 10.6. The van der Waals surface area contributed by atoms with E-state index in [-0.39, 0.29) is 23.6 Å². The predicted molar refractivity (Wildman–Crippen MR) is 111 cm³/mol. The maximum Gasteiger partial charge on any atom is 0.254 e. The lowest BCUT2D eigenvalue weighted by molar-refractivity contribution is -0.00344. The molecule has 4 saturated heterocycles. The molecule has 5 nitrogen and oxygen atoms in total. The van der Waals surface area contributed by atoms with Crippen molar-refractivity contribution in [3.8, 4) is 11.5 Å². The molecule has 4 heterocycles. The number of fused-ring (bicyclic) bond motifs is 2. The molecule has 0 unspecified atom stereocenters. The minimum absolute atomic E-state index is 0.0487. The zero-order valence-corrected chi connectivity index (χ0v) is 17.0. The van der Waals surface area contributed by atoms with Gasteiger partial charge >= 0.3 is 0 Å². The molecule has 3 atom stereocenters. The van der Waals surface area contributed by atoms with Crippen molar-refractivity contribution in [3.05, 3.63) is 59.2 Å². The summed E-state index contributed by atoms with van der Waals surface area (Å²) in [6, 6.07) is 14.2. The van der Waals surface area contributed by atoms with Crippen LogP contribution in [0.15, 0.2) is 42.5 Å². The van der Waals surface area contributed by atoms with E-state index in [1.807, 2.05) is 25.1 Å². The van der Waals surface area contributed by atoms with Gasteiger partial charge in [0.1, 0.15) is 11.5 Å². The molecule has 0 aliphatic carbocycles. The highest BCUT2D eigenvalue weighted by atomic mass is 16.5. The fourth-order valence-electron chi connectivity index (χ4n) is 5.83. The number of nitrogens with zero attached hydrogens (tertiary/aromatic N) is 2. The van der Waals surface area contributed by atoms with Gasteiger partial charge in [-0.25, -0.2) is 0 Å². The second kappa shape index (κ2) is 7.06. The Balaban J connectivity index is 1.54. The van der Waals surface area contributed by atoms with E-state index in [4.69, 9.17) is 4.74 Å². The van der Waals surface area contributed by atoms with Crippen molar-refractivity contribution in [1.82, 2.24) is 9.80 Å².